The molecule has 7 heteroatoms. The molecule has 0 saturated heterocycles. The first-order valence-corrected chi connectivity index (χ1v) is 10.2. The van der Waals surface area contributed by atoms with Crippen molar-refractivity contribution in [3.8, 4) is 17.2 Å². The van der Waals surface area contributed by atoms with Crippen LogP contribution < -0.4 is 24.8 Å². The van der Waals surface area contributed by atoms with Crippen LogP contribution >= 0.6 is 0 Å². The molecule has 0 aliphatic rings. The first-order chi connectivity index (χ1) is 15.0. The summed E-state index contributed by atoms with van der Waals surface area (Å²) < 4.78 is 16.2. The van der Waals surface area contributed by atoms with Crippen LogP contribution in [0.3, 0.4) is 0 Å². The van der Waals surface area contributed by atoms with E-state index in [-0.39, 0.29) is 11.6 Å². The van der Waals surface area contributed by atoms with Crippen LogP contribution in [0.4, 0.5) is 5.69 Å². The highest BCUT2D eigenvalue weighted by Gasteiger charge is 2.25. The summed E-state index contributed by atoms with van der Waals surface area (Å²) in [5, 5.41) is 5.64. The summed E-state index contributed by atoms with van der Waals surface area (Å²) in [6.07, 6.45) is 1.58. The van der Waals surface area contributed by atoms with Crippen LogP contribution in [0.2, 0.25) is 0 Å². The van der Waals surface area contributed by atoms with Crippen LogP contribution in [-0.4, -0.2) is 33.1 Å². The fourth-order valence-corrected chi connectivity index (χ4v) is 2.96. The van der Waals surface area contributed by atoms with Gasteiger partial charge in [-0.05, 0) is 49.2 Å². The second-order valence-electron chi connectivity index (χ2n) is 8.49. The van der Waals surface area contributed by atoms with E-state index in [0.29, 0.717) is 28.5 Å². The smallest absolute Gasteiger partial charge is 0.272 e. The fraction of sp³-hybridized carbons (Fsp3) is 0.360. The van der Waals surface area contributed by atoms with Crippen molar-refractivity contribution in [2.45, 2.75) is 34.6 Å². The van der Waals surface area contributed by atoms with E-state index in [1.165, 1.54) is 21.3 Å². The SMILES string of the molecule is COc1cc(/C=C(/NC(=O)C(C)(C)C)C(=O)Nc2ccc(C)cc2C)cc(OC)c1OC. The number of amides is 2. The second-order valence-corrected chi connectivity index (χ2v) is 8.49. The Morgan fingerprint density at radius 2 is 1.50 bits per heavy atom. The van der Waals surface area contributed by atoms with Gasteiger partial charge >= 0.3 is 0 Å². The lowest BCUT2D eigenvalue weighted by molar-refractivity contribution is -0.128. The average molecular weight is 441 g/mol. The summed E-state index contributed by atoms with van der Waals surface area (Å²) in [4.78, 5) is 25.8. The fourth-order valence-electron chi connectivity index (χ4n) is 2.96. The Bertz CT molecular complexity index is 1010. The molecule has 0 fully saturated rings. The Labute approximate surface area is 189 Å². The van der Waals surface area contributed by atoms with E-state index in [4.69, 9.17) is 14.2 Å². The number of carbonyl (C=O) groups excluding carboxylic acids is 2. The Morgan fingerprint density at radius 1 is 0.906 bits per heavy atom. The molecule has 32 heavy (non-hydrogen) atoms. The number of methoxy groups -OCH3 is 3. The van der Waals surface area contributed by atoms with Gasteiger partial charge in [0.2, 0.25) is 11.7 Å². The van der Waals surface area contributed by atoms with Gasteiger partial charge in [-0.15, -0.1) is 0 Å². The van der Waals surface area contributed by atoms with Crippen molar-refractivity contribution in [3.63, 3.8) is 0 Å². The third-order valence-electron chi connectivity index (χ3n) is 4.80. The summed E-state index contributed by atoms with van der Waals surface area (Å²) in [6, 6.07) is 9.14. The average Bonchev–Trinajstić information content (AvgIpc) is 2.73. The molecule has 0 radical (unpaired) electrons. The van der Waals surface area contributed by atoms with E-state index in [9.17, 15) is 9.59 Å². The van der Waals surface area contributed by atoms with Gasteiger partial charge in [0.25, 0.3) is 5.91 Å². The van der Waals surface area contributed by atoms with E-state index in [2.05, 4.69) is 10.6 Å². The maximum absolute atomic E-state index is 13.2. The lowest BCUT2D eigenvalue weighted by Crippen LogP contribution is -2.38. The minimum atomic E-state index is -0.686. The molecule has 0 aromatic heterocycles. The van der Waals surface area contributed by atoms with E-state index < -0.39 is 11.3 Å². The molecule has 172 valence electrons. The molecule has 2 rings (SSSR count). The van der Waals surface area contributed by atoms with Crippen molar-refractivity contribution < 1.29 is 23.8 Å². The molecule has 0 heterocycles. The highest BCUT2D eigenvalue weighted by molar-refractivity contribution is 6.09. The minimum absolute atomic E-state index is 0.0965. The number of anilines is 1. The Kier molecular flexibility index (Phi) is 7.92. The van der Waals surface area contributed by atoms with Crippen LogP contribution in [0.5, 0.6) is 17.2 Å². The number of nitrogens with one attached hydrogen (secondary N) is 2. The molecule has 2 aromatic rings. The highest BCUT2D eigenvalue weighted by atomic mass is 16.5. The number of rotatable bonds is 7. The quantitative estimate of drug-likeness (QED) is 0.621. The monoisotopic (exact) mass is 440 g/mol. The summed E-state index contributed by atoms with van der Waals surface area (Å²) >= 11 is 0. The van der Waals surface area contributed by atoms with Gasteiger partial charge in [0.1, 0.15) is 5.70 Å². The van der Waals surface area contributed by atoms with Gasteiger partial charge in [-0.2, -0.15) is 0 Å². The molecule has 0 unspecified atom stereocenters. The molecule has 0 aliphatic heterocycles. The molecular weight excluding hydrogens is 408 g/mol. The molecule has 7 nitrogen and oxygen atoms in total. The molecule has 0 spiro atoms. The maximum Gasteiger partial charge on any atom is 0.272 e. The summed E-state index contributed by atoms with van der Waals surface area (Å²) in [5.41, 5.74) is 2.69. The lowest BCUT2D eigenvalue weighted by atomic mass is 9.95. The number of hydrogen-bond donors (Lipinski definition) is 2. The van der Waals surface area contributed by atoms with Crippen molar-refractivity contribution in [3.05, 3.63) is 52.7 Å². The van der Waals surface area contributed by atoms with E-state index in [1.54, 1.807) is 39.0 Å². The molecule has 0 bridgehead atoms. The zero-order valence-corrected chi connectivity index (χ0v) is 20.0. The number of aryl methyl sites for hydroxylation is 2. The third kappa shape index (κ3) is 6.03. The largest absolute Gasteiger partial charge is 0.493 e. The molecule has 0 aliphatic carbocycles. The third-order valence-corrected chi connectivity index (χ3v) is 4.80. The molecular formula is C25H32N2O5. The summed E-state index contributed by atoms with van der Waals surface area (Å²) in [5.74, 6) is 0.589. The molecule has 2 aromatic carbocycles. The molecule has 0 atom stereocenters. The van der Waals surface area contributed by atoms with Crippen molar-refractivity contribution in [2.24, 2.45) is 5.41 Å². The standard InChI is InChI=1S/C25H32N2O5/c1-15-9-10-18(16(2)11-15)26-23(28)19(27-24(29)25(3,4)5)12-17-13-20(30-6)22(32-8)21(14-17)31-7/h9-14H,1-8H3,(H,26,28)(H,27,29)/b19-12+. The Balaban J connectivity index is 2.52. The van der Waals surface area contributed by atoms with Crippen LogP contribution in [-0.2, 0) is 9.59 Å². The van der Waals surface area contributed by atoms with Crippen LogP contribution in [0.15, 0.2) is 36.0 Å². The zero-order chi connectivity index (χ0) is 24.1. The van der Waals surface area contributed by atoms with E-state index in [1.807, 2.05) is 32.0 Å². The van der Waals surface area contributed by atoms with Crippen LogP contribution in [0, 0.1) is 19.3 Å². The molecule has 2 amide bonds. The second kappa shape index (κ2) is 10.2. The topological polar surface area (TPSA) is 85.9 Å². The number of ether oxygens (including phenoxy) is 3. The van der Waals surface area contributed by atoms with Gasteiger partial charge in [0.05, 0.1) is 21.3 Å². The van der Waals surface area contributed by atoms with Gasteiger partial charge in [-0.25, -0.2) is 0 Å². The minimum Gasteiger partial charge on any atom is -0.493 e. The van der Waals surface area contributed by atoms with Gasteiger partial charge in [-0.3, -0.25) is 9.59 Å². The van der Waals surface area contributed by atoms with Crippen molar-refractivity contribution in [2.75, 3.05) is 26.6 Å². The molecule has 2 N–H and O–H groups in total. The van der Waals surface area contributed by atoms with E-state index in [0.717, 1.165) is 11.1 Å². The van der Waals surface area contributed by atoms with Gasteiger partial charge < -0.3 is 24.8 Å². The van der Waals surface area contributed by atoms with Crippen molar-refractivity contribution >= 4 is 23.6 Å². The predicted molar refractivity (Wildman–Crippen MR) is 126 cm³/mol. The number of carbonyl (C=O) groups is 2. The van der Waals surface area contributed by atoms with Crippen LogP contribution in [0.25, 0.3) is 6.08 Å². The normalized spacial score (nSPS) is 11.6. The first-order valence-electron chi connectivity index (χ1n) is 10.2. The van der Waals surface area contributed by atoms with Gasteiger partial charge in [0, 0.05) is 11.1 Å². The highest BCUT2D eigenvalue weighted by Crippen LogP contribution is 2.38. The number of hydrogen-bond acceptors (Lipinski definition) is 5. The first kappa shape index (κ1) is 24.8. The maximum atomic E-state index is 13.2. The van der Waals surface area contributed by atoms with Gasteiger partial charge in [-0.1, -0.05) is 38.5 Å². The zero-order valence-electron chi connectivity index (χ0n) is 20.0. The molecule has 0 saturated carbocycles. The number of benzene rings is 2. The Hall–Kier alpha value is -3.48. The van der Waals surface area contributed by atoms with Crippen LogP contribution in [0.1, 0.15) is 37.5 Å². The summed E-state index contributed by atoms with van der Waals surface area (Å²) in [7, 11) is 4.54. The van der Waals surface area contributed by atoms with Crippen molar-refractivity contribution in [1.29, 1.82) is 0 Å². The van der Waals surface area contributed by atoms with Crippen molar-refractivity contribution in [1.82, 2.24) is 5.32 Å². The van der Waals surface area contributed by atoms with Gasteiger partial charge in [0.15, 0.2) is 11.5 Å². The Morgan fingerprint density at radius 3 is 1.97 bits per heavy atom. The summed E-state index contributed by atoms with van der Waals surface area (Å²) in [6.45, 7) is 9.24. The predicted octanol–water partition coefficient (Wildman–Crippen LogP) is 4.47. The van der Waals surface area contributed by atoms with E-state index >= 15 is 0 Å². The lowest BCUT2D eigenvalue weighted by Gasteiger charge is -2.20.